The molecular formula is C16H10N2O5. The predicted molar refractivity (Wildman–Crippen MR) is 83.5 cm³/mol. The minimum atomic E-state index is -0.726. The summed E-state index contributed by atoms with van der Waals surface area (Å²) in [4.78, 5) is 34.2. The molecule has 0 aliphatic heterocycles. The number of benzene rings is 2. The minimum Gasteiger partial charge on any atom is -0.421 e. The van der Waals surface area contributed by atoms with Crippen molar-refractivity contribution in [2.45, 2.75) is 0 Å². The van der Waals surface area contributed by atoms with Crippen molar-refractivity contribution in [1.82, 2.24) is 0 Å². The maximum atomic E-state index is 12.1. The van der Waals surface area contributed by atoms with Crippen LogP contribution in [-0.2, 0) is 0 Å². The molecule has 7 heteroatoms. The van der Waals surface area contributed by atoms with E-state index in [9.17, 15) is 19.7 Å². The van der Waals surface area contributed by atoms with E-state index in [0.29, 0.717) is 10.9 Å². The molecule has 1 amide bonds. The van der Waals surface area contributed by atoms with E-state index in [0.717, 1.165) is 0 Å². The molecule has 0 bridgehead atoms. The number of carbonyl (C=O) groups excluding carboxylic acids is 1. The Kier molecular flexibility index (Phi) is 3.60. The highest BCUT2D eigenvalue weighted by atomic mass is 16.6. The smallest absolute Gasteiger partial charge is 0.360 e. The van der Waals surface area contributed by atoms with Gasteiger partial charge in [0.25, 0.3) is 11.6 Å². The van der Waals surface area contributed by atoms with Gasteiger partial charge in [0.2, 0.25) is 0 Å². The molecule has 1 heterocycles. The van der Waals surface area contributed by atoms with E-state index >= 15 is 0 Å². The van der Waals surface area contributed by atoms with E-state index in [1.807, 2.05) is 0 Å². The van der Waals surface area contributed by atoms with Gasteiger partial charge in [0, 0.05) is 23.1 Å². The molecule has 0 saturated heterocycles. The van der Waals surface area contributed by atoms with Gasteiger partial charge < -0.3 is 9.73 Å². The highest BCUT2D eigenvalue weighted by Crippen LogP contribution is 2.22. The van der Waals surface area contributed by atoms with Crippen LogP contribution >= 0.6 is 0 Å². The standard InChI is InChI=1S/C16H10N2O5/c19-15(10-4-2-1-3-5-10)17-13-9-11-8-12(18(21)22)6-7-14(11)23-16(13)20/h1-9H,(H,17,19). The van der Waals surface area contributed by atoms with Crippen LogP contribution in [0, 0.1) is 10.1 Å². The summed E-state index contributed by atoms with van der Waals surface area (Å²) in [6.07, 6.45) is 0. The number of hydrogen-bond donors (Lipinski definition) is 1. The number of amides is 1. The van der Waals surface area contributed by atoms with Gasteiger partial charge in [0.15, 0.2) is 0 Å². The van der Waals surface area contributed by atoms with Gasteiger partial charge in [-0.1, -0.05) is 18.2 Å². The van der Waals surface area contributed by atoms with Crippen molar-refractivity contribution >= 4 is 28.3 Å². The molecule has 3 rings (SSSR count). The molecule has 7 nitrogen and oxygen atoms in total. The Morgan fingerprint density at radius 3 is 2.52 bits per heavy atom. The number of nitrogens with one attached hydrogen (secondary N) is 1. The van der Waals surface area contributed by atoms with Crippen molar-refractivity contribution in [3.05, 3.63) is 80.7 Å². The molecule has 0 spiro atoms. The molecule has 0 aliphatic rings. The lowest BCUT2D eigenvalue weighted by Crippen LogP contribution is -2.17. The van der Waals surface area contributed by atoms with Crippen LogP contribution in [0.3, 0.4) is 0 Å². The zero-order valence-electron chi connectivity index (χ0n) is 11.7. The molecule has 2 aromatic carbocycles. The van der Waals surface area contributed by atoms with Crippen molar-refractivity contribution in [3.63, 3.8) is 0 Å². The third-order valence-electron chi connectivity index (χ3n) is 3.21. The quantitative estimate of drug-likeness (QED) is 0.455. The van der Waals surface area contributed by atoms with Crippen LogP contribution in [0.2, 0.25) is 0 Å². The lowest BCUT2D eigenvalue weighted by Gasteiger charge is -2.05. The summed E-state index contributed by atoms with van der Waals surface area (Å²) in [6.45, 7) is 0. The number of nitro benzene ring substituents is 1. The number of carbonyl (C=O) groups is 1. The molecule has 1 N–H and O–H groups in total. The molecule has 114 valence electrons. The molecule has 23 heavy (non-hydrogen) atoms. The molecular weight excluding hydrogens is 300 g/mol. The molecule has 1 aromatic heterocycles. The number of rotatable bonds is 3. The molecule has 0 unspecified atom stereocenters. The van der Waals surface area contributed by atoms with E-state index in [2.05, 4.69) is 5.32 Å². The summed E-state index contributed by atoms with van der Waals surface area (Å²) >= 11 is 0. The molecule has 0 fully saturated rings. The van der Waals surface area contributed by atoms with Crippen LogP contribution in [-0.4, -0.2) is 10.8 Å². The summed E-state index contributed by atoms with van der Waals surface area (Å²) in [6, 6.07) is 13.6. The second-order valence-electron chi connectivity index (χ2n) is 4.75. The summed E-state index contributed by atoms with van der Waals surface area (Å²) in [5.74, 6) is -0.470. The molecule has 0 aliphatic carbocycles. The maximum absolute atomic E-state index is 12.1. The average Bonchev–Trinajstić information content (AvgIpc) is 2.55. The van der Waals surface area contributed by atoms with E-state index < -0.39 is 16.5 Å². The maximum Gasteiger partial charge on any atom is 0.360 e. The third-order valence-corrected chi connectivity index (χ3v) is 3.21. The minimum absolute atomic E-state index is 0.0770. The number of nitrogens with zero attached hydrogens (tertiary/aromatic N) is 1. The predicted octanol–water partition coefficient (Wildman–Crippen LogP) is 2.95. The van der Waals surface area contributed by atoms with Crippen LogP contribution in [0.5, 0.6) is 0 Å². The Morgan fingerprint density at radius 1 is 1.09 bits per heavy atom. The Labute approximate surface area is 129 Å². The van der Waals surface area contributed by atoms with Gasteiger partial charge in [0.05, 0.1) is 4.92 Å². The van der Waals surface area contributed by atoms with Crippen molar-refractivity contribution in [2.75, 3.05) is 5.32 Å². The van der Waals surface area contributed by atoms with E-state index in [-0.39, 0.29) is 17.0 Å². The summed E-state index contributed by atoms with van der Waals surface area (Å²) in [7, 11) is 0. The molecule has 0 atom stereocenters. The Hall–Kier alpha value is -3.48. The van der Waals surface area contributed by atoms with E-state index in [4.69, 9.17) is 4.42 Å². The van der Waals surface area contributed by atoms with Gasteiger partial charge in [-0.2, -0.15) is 0 Å². The van der Waals surface area contributed by atoms with E-state index in [1.54, 1.807) is 30.3 Å². The fourth-order valence-corrected chi connectivity index (χ4v) is 2.10. The first-order valence-electron chi connectivity index (χ1n) is 6.63. The zero-order valence-corrected chi connectivity index (χ0v) is 11.7. The average molecular weight is 310 g/mol. The Bertz CT molecular complexity index is 963. The highest BCUT2D eigenvalue weighted by molar-refractivity contribution is 6.04. The largest absolute Gasteiger partial charge is 0.421 e. The fourth-order valence-electron chi connectivity index (χ4n) is 2.10. The topological polar surface area (TPSA) is 102 Å². The second-order valence-corrected chi connectivity index (χ2v) is 4.75. The Morgan fingerprint density at radius 2 is 1.83 bits per heavy atom. The van der Waals surface area contributed by atoms with Crippen LogP contribution in [0.25, 0.3) is 11.0 Å². The van der Waals surface area contributed by atoms with Gasteiger partial charge in [-0.3, -0.25) is 14.9 Å². The van der Waals surface area contributed by atoms with Gasteiger partial charge in [-0.25, -0.2) is 4.79 Å². The van der Waals surface area contributed by atoms with Crippen LogP contribution in [0.1, 0.15) is 10.4 Å². The lowest BCUT2D eigenvalue weighted by atomic mass is 10.2. The number of nitro groups is 1. The first-order valence-corrected chi connectivity index (χ1v) is 6.63. The van der Waals surface area contributed by atoms with E-state index in [1.165, 1.54) is 24.3 Å². The van der Waals surface area contributed by atoms with Gasteiger partial charge in [0.1, 0.15) is 11.3 Å². The fraction of sp³-hybridized carbons (Fsp3) is 0. The molecule has 0 radical (unpaired) electrons. The summed E-state index contributed by atoms with van der Waals surface area (Å²) in [5, 5.41) is 13.6. The van der Waals surface area contributed by atoms with Gasteiger partial charge >= 0.3 is 5.63 Å². The molecule has 0 saturated carbocycles. The number of fused-ring (bicyclic) bond motifs is 1. The second kappa shape index (κ2) is 5.72. The third kappa shape index (κ3) is 2.93. The van der Waals surface area contributed by atoms with Gasteiger partial charge in [-0.15, -0.1) is 0 Å². The first kappa shape index (κ1) is 14.5. The summed E-state index contributed by atoms with van der Waals surface area (Å²) < 4.78 is 5.07. The monoisotopic (exact) mass is 310 g/mol. The Balaban J connectivity index is 2.00. The zero-order chi connectivity index (χ0) is 16.4. The molecule has 3 aromatic rings. The van der Waals surface area contributed by atoms with Crippen molar-refractivity contribution in [3.8, 4) is 0 Å². The highest BCUT2D eigenvalue weighted by Gasteiger charge is 2.13. The number of hydrogen-bond acceptors (Lipinski definition) is 5. The van der Waals surface area contributed by atoms with Crippen molar-refractivity contribution in [2.24, 2.45) is 0 Å². The SMILES string of the molecule is O=C(Nc1cc2cc([N+](=O)[O-])ccc2oc1=O)c1ccccc1. The van der Waals surface area contributed by atoms with Crippen LogP contribution in [0.4, 0.5) is 11.4 Å². The van der Waals surface area contributed by atoms with Crippen LogP contribution < -0.4 is 10.9 Å². The lowest BCUT2D eigenvalue weighted by molar-refractivity contribution is -0.384. The summed E-state index contributed by atoms with van der Waals surface area (Å²) in [5.41, 5.74) is -0.349. The number of non-ortho nitro benzene ring substituents is 1. The van der Waals surface area contributed by atoms with Crippen molar-refractivity contribution < 1.29 is 14.1 Å². The van der Waals surface area contributed by atoms with Crippen molar-refractivity contribution in [1.29, 1.82) is 0 Å². The van der Waals surface area contributed by atoms with Crippen LogP contribution in [0.15, 0.2) is 63.8 Å². The van der Waals surface area contributed by atoms with Gasteiger partial charge in [-0.05, 0) is 24.3 Å². The normalized spacial score (nSPS) is 10.4. The number of anilines is 1. The first-order chi connectivity index (χ1) is 11.0.